The Hall–Kier alpha value is -0.780. The van der Waals surface area contributed by atoms with Gasteiger partial charge < -0.3 is 4.74 Å². The predicted octanol–water partition coefficient (Wildman–Crippen LogP) is 2.73. The lowest BCUT2D eigenvalue weighted by atomic mass is 10.1. The Labute approximate surface area is 120 Å². The highest BCUT2D eigenvalue weighted by Crippen LogP contribution is 2.25. The zero-order valence-corrected chi connectivity index (χ0v) is 12.8. The van der Waals surface area contributed by atoms with E-state index in [0.29, 0.717) is 23.8 Å². The molecule has 0 spiro atoms. The van der Waals surface area contributed by atoms with Gasteiger partial charge in [-0.15, -0.1) is 0 Å². The van der Waals surface area contributed by atoms with Crippen molar-refractivity contribution < 1.29 is 13.2 Å². The van der Waals surface area contributed by atoms with Crippen molar-refractivity contribution in [1.82, 2.24) is 0 Å². The van der Waals surface area contributed by atoms with E-state index in [1.54, 1.807) is 0 Å². The van der Waals surface area contributed by atoms with E-state index < -0.39 is 10.0 Å². The van der Waals surface area contributed by atoms with Crippen LogP contribution in [0, 0.1) is 12.8 Å². The van der Waals surface area contributed by atoms with E-state index in [1.165, 1.54) is 0 Å². The van der Waals surface area contributed by atoms with Gasteiger partial charge in [0.2, 0.25) is 10.0 Å². The van der Waals surface area contributed by atoms with Crippen LogP contribution >= 0.6 is 11.6 Å². The zero-order chi connectivity index (χ0) is 14.5. The van der Waals surface area contributed by atoms with Crippen LogP contribution in [-0.4, -0.2) is 20.8 Å². The molecule has 108 valence electrons. The van der Waals surface area contributed by atoms with Crippen LogP contribution in [0.25, 0.3) is 0 Å². The molecule has 4 nitrogen and oxygen atoms in total. The van der Waals surface area contributed by atoms with Gasteiger partial charge in [-0.1, -0.05) is 24.6 Å². The maximum Gasteiger partial charge on any atom is 0.209 e. The molecule has 0 saturated heterocycles. The number of hydrogen-bond donors (Lipinski definition) is 1. The van der Waals surface area contributed by atoms with E-state index in [4.69, 9.17) is 21.5 Å². The third-order valence-electron chi connectivity index (χ3n) is 2.85. The average molecular weight is 306 g/mol. The Morgan fingerprint density at radius 3 is 2.63 bits per heavy atom. The Morgan fingerprint density at radius 1 is 1.37 bits per heavy atom. The summed E-state index contributed by atoms with van der Waals surface area (Å²) < 4.78 is 27.3. The summed E-state index contributed by atoms with van der Waals surface area (Å²) in [6.45, 7) is 4.45. The van der Waals surface area contributed by atoms with Gasteiger partial charge in [0.25, 0.3) is 0 Å². The Morgan fingerprint density at radius 2 is 2.05 bits per heavy atom. The fourth-order valence-corrected chi connectivity index (χ4v) is 2.62. The van der Waals surface area contributed by atoms with Gasteiger partial charge in [0.1, 0.15) is 5.75 Å². The third kappa shape index (κ3) is 6.80. The second-order valence-electron chi connectivity index (χ2n) is 4.83. The van der Waals surface area contributed by atoms with Gasteiger partial charge >= 0.3 is 0 Å². The average Bonchev–Trinajstić information content (AvgIpc) is 2.28. The molecule has 0 aliphatic heterocycles. The second kappa shape index (κ2) is 7.12. The van der Waals surface area contributed by atoms with Gasteiger partial charge in [0.05, 0.1) is 17.4 Å². The molecule has 1 aromatic carbocycles. The van der Waals surface area contributed by atoms with Gasteiger partial charge in [-0.3, -0.25) is 0 Å². The van der Waals surface area contributed by atoms with Crippen molar-refractivity contribution in [2.24, 2.45) is 11.1 Å². The lowest BCUT2D eigenvalue weighted by molar-refractivity contribution is 0.282. The van der Waals surface area contributed by atoms with E-state index in [1.807, 2.05) is 32.0 Å². The maximum absolute atomic E-state index is 10.8. The second-order valence-corrected chi connectivity index (χ2v) is 6.97. The first-order chi connectivity index (χ1) is 8.78. The topological polar surface area (TPSA) is 69.4 Å². The van der Waals surface area contributed by atoms with Gasteiger partial charge in [-0.25, -0.2) is 13.6 Å². The molecule has 0 aromatic heterocycles. The molecule has 0 saturated carbocycles. The summed E-state index contributed by atoms with van der Waals surface area (Å²) in [5, 5.41) is 5.56. The van der Waals surface area contributed by atoms with Crippen LogP contribution in [0.3, 0.4) is 0 Å². The molecule has 1 atom stereocenters. The number of nitrogens with two attached hydrogens (primary N) is 1. The standard InChI is InChI=1S/C13H20ClNO3S/c1-10(6-8-19(15,16)17)5-7-18-13-4-3-11(2)9-12(13)14/h3-4,9-10H,5-8H2,1-2H3,(H2,15,16,17). The molecule has 0 aliphatic rings. The summed E-state index contributed by atoms with van der Waals surface area (Å²) >= 11 is 6.04. The number of primary sulfonamides is 1. The minimum absolute atomic E-state index is 0.0133. The Bertz CT molecular complexity index is 517. The van der Waals surface area contributed by atoms with Gasteiger partial charge in [0.15, 0.2) is 0 Å². The summed E-state index contributed by atoms with van der Waals surface area (Å²) in [7, 11) is -3.37. The smallest absolute Gasteiger partial charge is 0.209 e. The fourth-order valence-electron chi connectivity index (χ4n) is 1.60. The molecule has 6 heteroatoms. The quantitative estimate of drug-likeness (QED) is 0.842. The summed E-state index contributed by atoms with van der Waals surface area (Å²) in [5.41, 5.74) is 1.08. The Balaban J connectivity index is 2.33. The van der Waals surface area contributed by atoms with Crippen molar-refractivity contribution in [3.05, 3.63) is 28.8 Å². The third-order valence-corrected chi connectivity index (χ3v) is 3.95. The molecule has 0 amide bonds. The van der Waals surface area contributed by atoms with Crippen LogP contribution in [-0.2, 0) is 10.0 Å². The lowest BCUT2D eigenvalue weighted by Crippen LogP contribution is -2.18. The molecule has 0 heterocycles. The van der Waals surface area contributed by atoms with E-state index in [-0.39, 0.29) is 11.7 Å². The monoisotopic (exact) mass is 305 g/mol. The highest BCUT2D eigenvalue weighted by atomic mass is 35.5. The molecule has 19 heavy (non-hydrogen) atoms. The molecule has 0 bridgehead atoms. The summed E-state index contributed by atoms with van der Waals surface area (Å²) in [4.78, 5) is 0. The van der Waals surface area contributed by atoms with Crippen molar-refractivity contribution in [3.63, 3.8) is 0 Å². The first kappa shape index (κ1) is 16.3. The highest BCUT2D eigenvalue weighted by molar-refractivity contribution is 7.89. The van der Waals surface area contributed by atoms with E-state index in [9.17, 15) is 8.42 Å². The molecular formula is C13H20ClNO3S. The first-order valence-corrected chi connectivity index (χ1v) is 8.26. The summed E-state index contributed by atoms with van der Waals surface area (Å²) in [6.07, 6.45) is 1.31. The van der Waals surface area contributed by atoms with Crippen LogP contribution < -0.4 is 9.88 Å². The van der Waals surface area contributed by atoms with Crippen LogP contribution in [0.15, 0.2) is 18.2 Å². The molecule has 1 aromatic rings. The SMILES string of the molecule is Cc1ccc(OCCC(C)CCS(N)(=O)=O)c(Cl)c1. The number of rotatable bonds is 7. The first-order valence-electron chi connectivity index (χ1n) is 6.17. The molecule has 0 radical (unpaired) electrons. The summed E-state index contributed by atoms with van der Waals surface area (Å²) in [6, 6.07) is 5.62. The van der Waals surface area contributed by atoms with E-state index >= 15 is 0 Å². The lowest BCUT2D eigenvalue weighted by Gasteiger charge is -2.12. The maximum atomic E-state index is 10.8. The van der Waals surface area contributed by atoms with Crippen LogP contribution in [0.4, 0.5) is 0 Å². The van der Waals surface area contributed by atoms with Crippen LogP contribution in [0.1, 0.15) is 25.3 Å². The molecule has 1 rings (SSSR count). The highest BCUT2D eigenvalue weighted by Gasteiger charge is 2.09. The fraction of sp³-hybridized carbons (Fsp3) is 0.538. The number of halogens is 1. The minimum Gasteiger partial charge on any atom is -0.492 e. The molecule has 2 N–H and O–H groups in total. The van der Waals surface area contributed by atoms with Crippen molar-refractivity contribution >= 4 is 21.6 Å². The number of benzene rings is 1. The Kier molecular flexibility index (Phi) is 6.10. The van der Waals surface area contributed by atoms with Gasteiger partial charge in [-0.2, -0.15) is 0 Å². The molecule has 0 fully saturated rings. The number of aryl methyl sites for hydroxylation is 1. The molecule has 1 unspecified atom stereocenters. The molecule has 0 aliphatic carbocycles. The minimum atomic E-state index is -3.37. The van der Waals surface area contributed by atoms with Crippen LogP contribution in [0.2, 0.25) is 5.02 Å². The van der Waals surface area contributed by atoms with E-state index in [0.717, 1.165) is 12.0 Å². The van der Waals surface area contributed by atoms with Crippen LogP contribution in [0.5, 0.6) is 5.75 Å². The van der Waals surface area contributed by atoms with Gasteiger partial charge in [-0.05, 0) is 43.4 Å². The largest absolute Gasteiger partial charge is 0.492 e. The van der Waals surface area contributed by atoms with Crippen molar-refractivity contribution in [2.75, 3.05) is 12.4 Å². The summed E-state index contributed by atoms with van der Waals surface area (Å²) in [5.74, 6) is 0.910. The zero-order valence-electron chi connectivity index (χ0n) is 11.2. The van der Waals surface area contributed by atoms with E-state index in [2.05, 4.69) is 0 Å². The van der Waals surface area contributed by atoms with Crippen molar-refractivity contribution in [3.8, 4) is 5.75 Å². The number of sulfonamides is 1. The van der Waals surface area contributed by atoms with Gasteiger partial charge in [0, 0.05) is 0 Å². The van der Waals surface area contributed by atoms with Crippen molar-refractivity contribution in [1.29, 1.82) is 0 Å². The predicted molar refractivity (Wildman–Crippen MR) is 78.1 cm³/mol. The normalized spacial score (nSPS) is 13.3. The number of hydrogen-bond acceptors (Lipinski definition) is 3. The molecular weight excluding hydrogens is 286 g/mol. The van der Waals surface area contributed by atoms with Crippen molar-refractivity contribution in [2.45, 2.75) is 26.7 Å². The number of ether oxygens (including phenoxy) is 1.